The standard InChI is InChI=1S/C7H15N2O2.F6P/c1-9(2-4-10)3-5-11-7(8)6-9;1-7(2,3,4,5)6/h8,10H,2-6H2,1H3;/q+1;-1/t9-;/m0./s1. The summed E-state index contributed by atoms with van der Waals surface area (Å²) >= 11 is 0. The third kappa shape index (κ3) is 13.5. The first-order chi connectivity index (χ1) is 7.61. The van der Waals surface area contributed by atoms with Crippen molar-refractivity contribution in [1.82, 2.24) is 0 Å². The van der Waals surface area contributed by atoms with Crippen molar-refractivity contribution in [3.8, 4) is 0 Å². The molecule has 0 aromatic carbocycles. The van der Waals surface area contributed by atoms with E-state index in [9.17, 15) is 25.2 Å². The Balaban J connectivity index is 0.000000360. The molecular formula is C7H15F6N2O2P. The van der Waals surface area contributed by atoms with Crippen LogP contribution >= 0.6 is 7.81 Å². The zero-order valence-electron chi connectivity index (χ0n) is 9.55. The van der Waals surface area contributed by atoms with E-state index in [0.717, 1.165) is 11.0 Å². The van der Waals surface area contributed by atoms with E-state index in [4.69, 9.17) is 15.3 Å². The summed E-state index contributed by atoms with van der Waals surface area (Å²) in [5, 5.41) is 16.0. The number of halogens is 6. The zero-order chi connectivity index (χ0) is 14.7. The summed E-state index contributed by atoms with van der Waals surface area (Å²) in [5.41, 5.74) is 0. The van der Waals surface area contributed by atoms with Crippen LogP contribution in [0.1, 0.15) is 0 Å². The monoisotopic (exact) mass is 304 g/mol. The zero-order valence-corrected chi connectivity index (χ0v) is 10.4. The van der Waals surface area contributed by atoms with Crippen LogP contribution in [0, 0.1) is 5.41 Å². The molecule has 1 heterocycles. The summed E-state index contributed by atoms with van der Waals surface area (Å²) in [4.78, 5) is 0. The number of quaternary nitrogens is 1. The molecule has 11 heteroatoms. The van der Waals surface area contributed by atoms with E-state index >= 15 is 0 Å². The maximum atomic E-state index is 9.87. The number of rotatable bonds is 2. The van der Waals surface area contributed by atoms with Crippen LogP contribution in [0.5, 0.6) is 0 Å². The number of ether oxygens (including phenoxy) is 1. The van der Waals surface area contributed by atoms with E-state index in [0.29, 0.717) is 25.6 Å². The van der Waals surface area contributed by atoms with Gasteiger partial charge in [0.2, 0.25) is 5.90 Å². The molecule has 4 nitrogen and oxygen atoms in total. The van der Waals surface area contributed by atoms with Crippen LogP contribution in [0.15, 0.2) is 0 Å². The van der Waals surface area contributed by atoms with E-state index in [1.807, 2.05) is 7.05 Å². The molecule has 1 fully saturated rings. The Morgan fingerprint density at radius 2 is 1.72 bits per heavy atom. The second-order valence-electron chi connectivity index (χ2n) is 4.18. The molecule has 1 saturated heterocycles. The molecule has 1 atom stereocenters. The van der Waals surface area contributed by atoms with Crippen LogP contribution in [0.25, 0.3) is 0 Å². The van der Waals surface area contributed by atoms with Crippen LogP contribution in [-0.4, -0.2) is 55.4 Å². The summed E-state index contributed by atoms with van der Waals surface area (Å²) in [7, 11) is -8.62. The van der Waals surface area contributed by atoms with Crippen molar-refractivity contribution in [1.29, 1.82) is 5.41 Å². The van der Waals surface area contributed by atoms with Crippen LogP contribution in [-0.2, 0) is 4.74 Å². The molecule has 112 valence electrons. The molecule has 18 heavy (non-hydrogen) atoms. The SMILES string of the molecule is C[N@+]1(CCO)CCOC(=N)C1.F[P-](F)(F)(F)(F)F. The second kappa shape index (κ2) is 4.50. The molecule has 0 saturated carbocycles. The van der Waals surface area contributed by atoms with Gasteiger partial charge in [0.15, 0.2) is 6.54 Å². The molecule has 0 aromatic rings. The predicted octanol–water partition coefficient (Wildman–Crippen LogP) is 2.82. The third-order valence-corrected chi connectivity index (χ3v) is 2.07. The van der Waals surface area contributed by atoms with Gasteiger partial charge in [0.05, 0.1) is 13.7 Å². The Morgan fingerprint density at radius 1 is 1.28 bits per heavy atom. The van der Waals surface area contributed by atoms with E-state index < -0.39 is 7.81 Å². The number of aliphatic hydroxyl groups excluding tert-OH is 1. The van der Waals surface area contributed by atoms with Gasteiger partial charge in [-0.2, -0.15) is 0 Å². The summed E-state index contributed by atoms with van der Waals surface area (Å²) in [6, 6.07) is 0. The van der Waals surface area contributed by atoms with Gasteiger partial charge in [0, 0.05) is 0 Å². The van der Waals surface area contributed by atoms with Gasteiger partial charge in [-0.05, 0) is 0 Å². The average Bonchev–Trinajstić information content (AvgIpc) is 1.96. The number of nitrogens with zero attached hydrogens (tertiary/aromatic N) is 1. The Bertz CT molecular complexity index is 302. The van der Waals surface area contributed by atoms with Gasteiger partial charge < -0.3 is 14.3 Å². The molecular weight excluding hydrogens is 289 g/mol. The fourth-order valence-corrected chi connectivity index (χ4v) is 1.29. The number of aliphatic hydroxyl groups is 1. The average molecular weight is 304 g/mol. The molecule has 0 unspecified atom stereocenters. The van der Waals surface area contributed by atoms with Gasteiger partial charge in [-0.25, -0.2) is 0 Å². The van der Waals surface area contributed by atoms with E-state index in [1.165, 1.54) is 0 Å². The first-order valence-electron chi connectivity index (χ1n) is 4.82. The van der Waals surface area contributed by atoms with Crippen molar-refractivity contribution in [2.45, 2.75) is 0 Å². The molecule has 0 spiro atoms. The van der Waals surface area contributed by atoms with Crippen LogP contribution in [0.3, 0.4) is 0 Å². The Labute approximate surface area is 99.5 Å². The third-order valence-electron chi connectivity index (χ3n) is 2.07. The summed E-state index contributed by atoms with van der Waals surface area (Å²) in [6.07, 6.45) is 0. The van der Waals surface area contributed by atoms with Crippen LogP contribution in [0.2, 0.25) is 0 Å². The Morgan fingerprint density at radius 3 is 2.06 bits per heavy atom. The minimum atomic E-state index is -10.7. The number of hydrogen-bond acceptors (Lipinski definition) is 3. The Hall–Kier alpha value is -0.600. The van der Waals surface area contributed by atoms with Crippen LogP contribution < -0.4 is 0 Å². The number of likely N-dealkylation sites (N-methyl/N-ethyl adjacent to an activating group) is 1. The number of nitrogens with one attached hydrogen (secondary N) is 1. The molecule has 2 N–H and O–H groups in total. The van der Waals surface area contributed by atoms with Gasteiger partial charge in [0.25, 0.3) is 0 Å². The van der Waals surface area contributed by atoms with Gasteiger partial charge >= 0.3 is 33.0 Å². The maximum absolute atomic E-state index is 10.7. The molecule has 0 amide bonds. The molecule has 0 radical (unpaired) electrons. The minimum absolute atomic E-state index is 0.184. The van der Waals surface area contributed by atoms with Crippen molar-refractivity contribution in [3.05, 3.63) is 0 Å². The van der Waals surface area contributed by atoms with Crippen molar-refractivity contribution < 1.29 is 39.5 Å². The summed E-state index contributed by atoms with van der Waals surface area (Å²) < 4.78 is 64.9. The van der Waals surface area contributed by atoms with Crippen LogP contribution in [0.4, 0.5) is 25.2 Å². The topological polar surface area (TPSA) is 53.3 Å². The molecule has 0 aliphatic carbocycles. The number of hydrogen-bond donors (Lipinski definition) is 2. The van der Waals surface area contributed by atoms with Gasteiger partial charge in [-0.3, -0.25) is 5.41 Å². The molecule has 0 bridgehead atoms. The molecule has 1 rings (SSSR count). The first-order valence-corrected chi connectivity index (χ1v) is 6.85. The van der Waals surface area contributed by atoms with E-state index in [2.05, 4.69) is 0 Å². The van der Waals surface area contributed by atoms with Gasteiger partial charge in [-0.1, -0.05) is 0 Å². The van der Waals surface area contributed by atoms with E-state index in [1.54, 1.807) is 0 Å². The normalized spacial score (nSPS) is 28.3. The Kier molecular flexibility index (Phi) is 4.35. The first kappa shape index (κ1) is 17.4. The van der Waals surface area contributed by atoms with Gasteiger partial charge in [-0.15, -0.1) is 0 Å². The molecule has 1 aliphatic heterocycles. The predicted molar refractivity (Wildman–Crippen MR) is 55.1 cm³/mol. The number of morpholine rings is 1. The van der Waals surface area contributed by atoms with Crippen molar-refractivity contribution in [3.63, 3.8) is 0 Å². The van der Waals surface area contributed by atoms with Crippen molar-refractivity contribution in [2.75, 3.05) is 39.9 Å². The van der Waals surface area contributed by atoms with E-state index in [-0.39, 0.29) is 6.61 Å². The van der Waals surface area contributed by atoms with Crippen molar-refractivity contribution in [2.24, 2.45) is 0 Å². The summed E-state index contributed by atoms with van der Waals surface area (Å²) in [5.74, 6) is 0.340. The van der Waals surface area contributed by atoms with Crippen molar-refractivity contribution >= 4 is 13.7 Å². The fraction of sp³-hybridized carbons (Fsp3) is 0.857. The summed E-state index contributed by atoms with van der Waals surface area (Å²) in [6.45, 7) is 3.01. The van der Waals surface area contributed by atoms with Gasteiger partial charge in [0.1, 0.15) is 19.7 Å². The molecule has 1 aliphatic rings. The molecule has 0 aromatic heterocycles. The quantitative estimate of drug-likeness (QED) is 0.468. The fourth-order valence-electron chi connectivity index (χ4n) is 1.29. The second-order valence-corrected chi connectivity index (χ2v) is 6.10.